The lowest BCUT2D eigenvalue weighted by atomic mass is 9.83. The fourth-order valence-electron chi connectivity index (χ4n) is 4.61. The number of aliphatic hydroxyl groups is 4. The number of aromatic hydroxyl groups is 2. The highest BCUT2D eigenvalue weighted by Crippen LogP contribution is 2.35. The Morgan fingerprint density at radius 1 is 0.600 bits per heavy atom. The van der Waals surface area contributed by atoms with Crippen molar-refractivity contribution in [3.05, 3.63) is 71.3 Å². The maximum absolute atomic E-state index is 10.8. The Morgan fingerprint density at radius 3 is 1.62 bits per heavy atom. The molecule has 3 aromatic carbocycles. The highest BCUT2D eigenvalue weighted by molar-refractivity contribution is 5.45. The standard InChI is InChI=1S/C30H38O10/c1-37-26-12-18(4-7-23(26)34)10-21(15-31)22(16-32)11-19-5-9-25(28(13-19)39-3)40-29(17-33)30(36)20-6-8-24(35)27(14-20)38-2/h4-9,12-14,21-22,29-36H,10-11,15-17H2,1-3H3/t21-,22-,29+,30-/m0/s1. The largest absolute Gasteiger partial charge is 0.504 e. The van der Waals surface area contributed by atoms with Gasteiger partial charge in [0.2, 0.25) is 0 Å². The SMILES string of the molecule is COc1cc(C[C@@H](CO)[C@H](CO)Cc2ccc(O[C@H](CO)[C@@H](O)c3ccc(O)c(OC)c3)c(OC)c2)ccc1O. The van der Waals surface area contributed by atoms with Crippen molar-refractivity contribution < 1.29 is 49.6 Å². The average molecular weight is 559 g/mol. The van der Waals surface area contributed by atoms with Crippen LogP contribution in [0.4, 0.5) is 0 Å². The van der Waals surface area contributed by atoms with Crippen LogP contribution in [0.5, 0.6) is 34.5 Å². The van der Waals surface area contributed by atoms with Gasteiger partial charge in [-0.1, -0.05) is 18.2 Å². The van der Waals surface area contributed by atoms with Crippen LogP contribution >= 0.6 is 0 Å². The first-order valence-electron chi connectivity index (χ1n) is 12.8. The minimum absolute atomic E-state index is 0.0265. The predicted octanol–water partition coefficient (Wildman–Crippen LogP) is 2.60. The van der Waals surface area contributed by atoms with E-state index < -0.39 is 18.8 Å². The number of benzene rings is 3. The second kappa shape index (κ2) is 14.6. The zero-order chi connectivity index (χ0) is 29.2. The molecule has 0 amide bonds. The van der Waals surface area contributed by atoms with Crippen LogP contribution in [0.25, 0.3) is 0 Å². The molecule has 0 heterocycles. The summed E-state index contributed by atoms with van der Waals surface area (Å²) in [5, 5.41) is 60.7. The van der Waals surface area contributed by atoms with Crippen molar-refractivity contribution in [1.82, 2.24) is 0 Å². The highest BCUT2D eigenvalue weighted by Gasteiger charge is 2.26. The Bertz CT molecular complexity index is 1230. The van der Waals surface area contributed by atoms with Crippen LogP contribution in [0.2, 0.25) is 0 Å². The zero-order valence-corrected chi connectivity index (χ0v) is 22.9. The number of ether oxygens (including phenoxy) is 4. The van der Waals surface area contributed by atoms with Gasteiger partial charge >= 0.3 is 0 Å². The summed E-state index contributed by atoms with van der Waals surface area (Å²) in [6.07, 6.45) is -1.37. The molecule has 0 aliphatic carbocycles. The fraction of sp³-hybridized carbons (Fsp3) is 0.400. The maximum Gasteiger partial charge on any atom is 0.161 e. The highest BCUT2D eigenvalue weighted by atomic mass is 16.5. The van der Waals surface area contributed by atoms with E-state index >= 15 is 0 Å². The first-order valence-corrected chi connectivity index (χ1v) is 12.8. The summed E-state index contributed by atoms with van der Waals surface area (Å²) in [7, 11) is 4.33. The molecular weight excluding hydrogens is 520 g/mol. The summed E-state index contributed by atoms with van der Waals surface area (Å²) in [6.45, 7) is -0.803. The lowest BCUT2D eigenvalue weighted by Gasteiger charge is -2.26. The molecule has 4 atom stereocenters. The third-order valence-electron chi connectivity index (χ3n) is 6.96. The number of hydrogen-bond donors (Lipinski definition) is 6. The van der Waals surface area contributed by atoms with E-state index in [0.29, 0.717) is 35.7 Å². The molecule has 0 spiro atoms. The molecule has 0 radical (unpaired) electrons. The fourth-order valence-corrected chi connectivity index (χ4v) is 4.61. The normalized spacial score (nSPS) is 14.2. The quantitative estimate of drug-likeness (QED) is 0.164. The van der Waals surface area contributed by atoms with Crippen LogP contribution in [0.15, 0.2) is 54.6 Å². The Morgan fingerprint density at radius 2 is 1.10 bits per heavy atom. The minimum atomic E-state index is -1.23. The van der Waals surface area contributed by atoms with E-state index in [1.807, 2.05) is 0 Å². The Labute approximate surface area is 233 Å². The maximum atomic E-state index is 10.8. The topological polar surface area (TPSA) is 158 Å². The molecule has 0 fully saturated rings. The number of phenolic OH excluding ortho intramolecular Hbond substituents is 2. The van der Waals surface area contributed by atoms with Crippen molar-refractivity contribution in [2.24, 2.45) is 11.8 Å². The van der Waals surface area contributed by atoms with Crippen LogP contribution < -0.4 is 18.9 Å². The monoisotopic (exact) mass is 558 g/mol. The Hall–Kier alpha value is -3.70. The summed E-state index contributed by atoms with van der Waals surface area (Å²) in [4.78, 5) is 0. The molecular formula is C30H38O10. The third-order valence-corrected chi connectivity index (χ3v) is 6.96. The van der Waals surface area contributed by atoms with Gasteiger partial charge in [0.15, 0.2) is 40.6 Å². The average Bonchev–Trinajstić information content (AvgIpc) is 2.98. The number of aliphatic hydroxyl groups excluding tert-OH is 4. The Kier molecular flexibility index (Phi) is 11.3. The third kappa shape index (κ3) is 7.48. The molecule has 218 valence electrons. The predicted molar refractivity (Wildman–Crippen MR) is 147 cm³/mol. The van der Waals surface area contributed by atoms with E-state index in [2.05, 4.69) is 0 Å². The van der Waals surface area contributed by atoms with Gasteiger partial charge in [-0.05, 0) is 77.8 Å². The van der Waals surface area contributed by atoms with Gasteiger partial charge < -0.3 is 49.6 Å². The van der Waals surface area contributed by atoms with Crippen molar-refractivity contribution in [1.29, 1.82) is 0 Å². The van der Waals surface area contributed by atoms with Gasteiger partial charge in [0.05, 0.1) is 27.9 Å². The molecule has 0 aromatic heterocycles. The zero-order valence-electron chi connectivity index (χ0n) is 22.9. The van der Waals surface area contributed by atoms with E-state index in [-0.39, 0.29) is 42.3 Å². The van der Waals surface area contributed by atoms with E-state index in [0.717, 1.165) is 11.1 Å². The summed E-state index contributed by atoms with van der Waals surface area (Å²) < 4.78 is 21.7. The summed E-state index contributed by atoms with van der Waals surface area (Å²) >= 11 is 0. The van der Waals surface area contributed by atoms with Crippen molar-refractivity contribution in [2.75, 3.05) is 41.2 Å². The minimum Gasteiger partial charge on any atom is -0.504 e. The van der Waals surface area contributed by atoms with Crippen molar-refractivity contribution in [3.63, 3.8) is 0 Å². The molecule has 40 heavy (non-hydrogen) atoms. The molecule has 0 unspecified atom stereocenters. The summed E-state index contributed by atoms with van der Waals surface area (Å²) in [5.74, 6) is 0.584. The second-order valence-electron chi connectivity index (χ2n) is 9.50. The van der Waals surface area contributed by atoms with Crippen molar-refractivity contribution >= 4 is 0 Å². The number of phenols is 2. The van der Waals surface area contributed by atoms with Crippen molar-refractivity contribution in [3.8, 4) is 34.5 Å². The van der Waals surface area contributed by atoms with Gasteiger partial charge in [0.25, 0.3) is 0 Å². The molecule has 0 saturated carbocycles. The van der Waals surface area contributed by atoms with Gasteiger partial charge in [0.1, 0.15) is 6.10 Å². The Balaban J connectivity index is 1.75. The van der Waals surface area contributed by atoms with Gasteiger partial charge in [-0.2, -0.15) is 0 Å². The van der Waals surface area contributed by atoms with Gasteiger partial charge in [-0.3, -0.25) is 0 Å². The molecule has 3 aromatic rings. The van der Waals surface area contributed by atoms with Crippen LogP contribution in [-0.4, -0.2) is 77.9 Å². The van der Waals surface area contributed by atoms with Gasteiger partial charge in [-0.15, -0.1) is 0 Å². The van der Waals surface area contributed by atoms with Crippen LogP contribution in [0.3, 0.4) is 0 Å². The van der Waals surface area contributed by atoms with E-state index in [4.69, 9.17) is 18.9 Å². The molecule has 0 bridgehead atoms. The lowest BCUT2D eigenvalue weighted by Crippen LogP contribution is -2.29. The van der Waals surface area contributed by atoms with E-state index in [1.165, 1.54) is 45.6 Å². The lowest BCUT2D eigenvalue weighted by molar-refractivity contribution is -0.000531. The molecule has 10 nitrogen and oxygen atoms in total. The van der Waals surface area contributed by atoms with Gasteiger partial charge in [-0.25, -0.2) is 0 Å². The van der Waals surface area contributed by atoms with E-state index in [1.54, 1.807) is 30.3 Å². The second-order valence-corrected chi connectivity index (χ2v) is 9.50. The van der Waals surface area contributed by atoms with Crippen LogP contribution in [-0.2, 0) is 12.8 Å². The van der Waals surface area contributed by atoms with Crippen LogP contribution in [0, 0.1) is 11.8 Å². The molecule has 0 aliphatic heterocycles. The van der Waals surface area contributed by atoms with Gasteiger partial charge in [0, 0.05) is 13.2 Å². The molecule has 10 heteroatoms. The van der Waals surface area contributed by atoms with E-state index in [9.17, 15) is 30.6 Å². The molecule has 0 saturated heterocycles. The molecule has 6 N–H and O–H groups in total. The summed E-state index contributed by atoms with van der Waals surface area (Å²) in [5.41, 5.74) is 2.07. The first-order chi connectivity index (χ1) is 19.3. The summed E-state index contributed by atoms with van der Waals surface area (Å²) in [6, 6.07) is 14.6. The van der Waals surface area contributed by atoms with Crippen molar-refractivity contribution in [2.45, 2.75) is 25.0 Å². The first kappa shape index (κ1) is 30.8. The van der Waals surface area contributed by atoms with Crippen LogP contribution in [0.1, 0.15) is 22.8 Å². The number of methoxy groups -OCH3 is 3. The number of hydrogen-bond acceptors (Lipinski definition) is 10. The number of rotatable bonds is 15. The molecule has 0 aliphatic rings. The molecule has 3 rings (SSSR count). The smallest absolute Gasteiger partial charge is 0.161 e.